The minimum absolute atomic E-state index is 0.614. The van der Waals surface area contributed by atoms with E-state index in [1.165, 1.54) is 6.42 Å². The van der Waals surface area contributed by atoms with Gasteiger partial charge in [-0.25, -0.2) is 0 Å². The molecule has 82 valence electrons. The smallest absolute Gasteiger partial charge is 0.0635 e. The summed E-state index contributed by atoms with van der Waals surface area (Å²) in [5.74, 6) is 0. The highest BCUT2D eigenvalue weighted by Crippen LogP contribution is 1.92. The normalized spacial score (nSPS) is 10.4. The van der Waals surface area contributed by atoms with E-state index in [1.54, 1.807) is 0 Å². The third-order valence-electron chi connectivity index (χ3n) is 2.18. The van der Waals surface area contributed by atoms with E-state index in [0.29, 0.717) is 6.42 Å². The lowest BCUT2D eigenvalue weighted by Crippen LogP contribution is -2.28. The van der Waals surface area contributed by atoms with Crippen LogP contribution in [0.15, 0.2) is 0 Å². The molecule has 0 radical (unpaired) electrons. The van der Waals surface area contributed by atoms with Crippen molar-refractivity contribution < 1.29 is 4.74 Å². The molecule has 0 amide bonds. The average molecular weight is 198 g/mol. The zero-order valence-electron chi connectivity index (χ0n) is 9.46. The number of rotatable bonds is 9. The molecule has 0 spiro atoms. The van der Waals surface area contributed by atoms with Gasteiger partial charge in [-0.2, -0.15) is 5.26 Å². The summed E-state index contributed by atoms with van der Waals surface area (Å²) in [7, 11) is 0. The standard InChI is InChI=1S/C11H22N2O/c1-3-5-10-14-11-9-13(4-2)8-6-7-12/h3-6,8-11H2,1-2H3. The van der Waals surface area contributed by atoms with Gasteiger partial charge in [0.1, 0.15) is 0 Å². The second-order valence-electron chi connectivity index (χ2n) is 3.31. The van der Waals surface area contributed by atoms with E-state index in [-0.39, 0.29) is 0 Å². The van der Waals surface area contributed by atoms with Gasteiger partial charge < -0.3 is 9.64 Å². The number of likely N-dealkylation sites (N-methyl/N-ethyl adjacent to an activating group) is 1. The molecule has 3 heteroatoms. The second kappa shape index (κ2) is 10.5. The molecular weight excluding hydrogens is 176 g/mol. The third kappa shape index (κ3) is 8.03. The molecule has 0 N–H and O–H groups in total. The molecule has 3 nitrogen and oxygen atoms in total. The lowest BCUT2D eigenvalue weighted by molar-refractivity contribution is 0.104. The molecule has 0 unspecified atom stereocenters. The molecule has 0 atom stereocenters. The number of unbranched alkanes of at least 4 members (excludes halogenated alkanes) is 1. The van der Waals surface area contributed by atoms with Crippen molar-refractivity contribution in [1.82, 2.24) is 4.90 Å². The van der Waals surface area contributed by atoms with Gasteiger partial charge in [-0.3, -0.25) is 0 Å². The fourth-order valence-electron chi connectivity index (χ4n) is 1.18. The summed E-state index contributed by atoms with van der Waals surface area (Å²) in [5.41, 5.74) is 0. The van der Waals surface area contributed by atoms with Crippen molar-refractivity contribution in [2.75, 3.05) is 32.8 Å². The Kier molecular flexibility index (Phi) is 10.0. The quantitative estimate of drug-likeness (QED) is 0.532. The monoisotopic (exact) mass is 198 g/mol. The summed E-state index contributed by atoms with van der Waals surface area (Å²) in [6.45, 7) is 8.74. The van der Waals surface area contributed by atoms with Crippen molar-refractivity contribution in [2.24, 2.45) is 0 Å². The van der Waals surface area contributed by atoms with Crippen LogP contribution in [0.2, 0.25) is 0 Å². The molecule has 0 fully saturated rings. The largest absolute Gasteiger partial charge is 0.380 e. The topological polar surface area (TPSA) is 36.3 Å². The molecule has 0 bridgehead atoms. The van der Waals surface area contributed by atoms with Crippen LogP contribution >= 0.6 is 0 Å². The zero-order valence-corrected chi connectivity index (χ0v) is 9.46. The molecule has 0 saturated carbocycles. The van der Waals surface area contributed by atoms with Gasteiger partial charge in [-0.1, -0.05) is 20.3 Å². The van der Waals surface area contributed by atoms with E-state index in [0.717, 1.165) is 39.3 Å². The summed E-state index contributed by atoms with van der Waals surface area (Å²) < 4.78 is 5.46. The van der Waals surface area contributed by atoms with Gasteiger partial charge >= 0.3 is 0 Å². The van der Waals surface area contributed by atoms with Crippen LogP contribution in [-0.2, 0) is 4.74 Å². The van der Waals surface area contributed by atoms with Crippen LogP contribution in [0.4, 0.5) is 0 Å². The van der Waals surface area contributed by atoms with Gasteiger partial charge in [0, 0.05) is 26.1 Å². The summed E-state index contributed by atoms with van der Waals surface area (Å²) in [6, 6.07) is 2.16. The fourth-order valence-corrected chi connectivity index (χ4v) is 1.18. The Morgan fingerprint density at radius 3 is 2.57 bits per heavy atom. The van der Waals surface area contributed by atoms with Gasteiger partial charge in [0.05, 0.1) is 12.7 Å². The van der Waals surface area contributed by atoms with Gasteiger partial charge in [0.2, 0.25) is 0 Å². The molecule has 0 aliphatic carbocycles. The highest BCUT2D eigenvalue weighted by Gasteiger charge is 2.00. The Hall–Kier alpha value is -0.590. The Bertz CT molecular complexity index is 154. The number of hydrogen-bond acceptors (Lipinski definition) is 3. The summed E-state index contributed by atoms with van der Waals surface area (Å²) >= 11 is 0. The second-order valence-corrected chi connectivity index (χ2v) is 3.31. The van der Waals surface area contributed by atoms with Gasteiger partial charge in [-0.05, 0) is 13.0 Å². The van der Waals surface area contributed by atoms with E-state index < -0.39 is 0 Å². The summed E-state index contributed by atoms with van der Waals surface area (Å²) in [6.07, 6.45) is 2.94. The van der Waals surface area contributed by atoms with E-state index in [9.17, 15) is 0 Å². The maximum atomic E-state index is 8.44. The molecule has 0 saturated heterocycles. The molecule has 0 aromatic rings. The highest BCUT2D eigenvalue weighted by molar-refractivity contribution is 4.71. The SMILES string of the molecule is CCCCOCCN(CC)CCC#N. The van der Waals surface area contributed by atoms with E-state index in [4.69, 9.17) is 10.00 Å². The number of nitrogens with zero attached hydrogens (tertiary/aromatic N) is 2. The molecular formula is C11H22N2O. The first-order valence-electron chi connectivity index (χ1n) is 5.52. The lowest BCUT2D eigenvalue weighted by Gasteiger charge is -2.18. The molecule has 0 rings (SSSR count). The number of ether oxygens (including phenoxy) is 1. The van der Waals surface area contributed by atoms with E-state index in [2.05, 4.69) is 24.8 Å². The number of nitriles is 1. The first-order chi connectivity index (χ1) is 6.85. The van der Waals surface area contributed by atoms with Gasteiger partial charge in [-0.15, -0.1) is 0 Å². The van der Waals surface area contributed by atoms with E-state index >= 15 is 0 Å². The maximum absolute atomic E-state index is 8.44. The molecule has 0 heterocycles. The van der Waals surface area contributed by atoms with Crippen molar-refractivity contribution in [3.63, 3.8) is 0 Å². The van der Waals surface area contributed by atoms with Crippen molar-refractivity contribution >= 4 is 0 Å². The Morgan fingerprint density at radius 2 is 2.00 bits per heavy atom. The fraction of sp³-hybridized carbons (Fsp3) is 0.909. The first kappa shape index (κ1) is 13.4. The Labute approximate surface area is 87.7 Å². The minimum Gasteiger partial charge on any atom is -0.380 e. The Balaban J connectivity index is 3.29. The van der Waals surface area contributed by atoms with Crippen molar-refractivity contribution in [3.8, 4) is 6.07 Å². The predicted octanol–water partition coefficient (Wildman–Crippen LogP) is 2.04. The van der Waals surface area contributed by atoms with Crippen LogP contribution < -0.4 is 0 Å². The predicted molar refractivity (Wildman–Crippen MR) is 58.1 cm³/mol. The van der Waals surface area contributed by atoms with Crippen LogP contribution in [0.5, 0.6) is 0 Å². The van der Waals surface area contributed by atoms with Crippen molar-refractivity contribution in [1.29, 1.82) is 5.26 Å². The van der Waals surface area contributed by atoms with Gasteiger partial charge in [0.15, 0.2) is 0 Å². The van der Waals surface area contributed by atoms with Crippen LogP contribution in [0.3, 0.4) is 0 Å². The summed E-state index contributed by atoms with van der Waals surface area (Å²) in [5, 5.41) is 8.44. The van der Waals surface area contributed by atoms with Crippen molar-refractivity contribution in [3.05, 3.63) is 0 Å². The van der Waals surface area contributed by atoms with Crippen LogP contribution in [-0.4, -0.2) is 37.7 Å². The molecule has 0 aliphatic heterocycles. The highest BCUT2D eigenvalue weighted by atomic mass is 16.5. The third-order valence-corrected chi connectivity index (χ3v) is 2.18. The maximum Gasteiger partial charge on any atom is 0.0635 e. The summed E-state index contributed by atoms with van der Waals surface area (Å²) in [4.78, 5) is 2.25. The van der Waals surface area contributed by atoms with Crippen LogP contribution in [0.25, 0.3) is 0 Å². The number of hydrogen-bond donors (Lipinski definition) is 0. The van der Waals surface area contributed by atoms with Crippen molar-refractivity contribution in [2.45, 2.75) is 33.1 Å². The zero-order chi connectivity index (χ0) is 10.6. The van der Waals surface area contributed by atoms with Gasteiger partial charge in [0.25, 0.3) is 0 Å². The minimum atomic E-state index is 0.614. The first-order valence-corrected chi connectivity index (χ1v) is 5.52. The lowest BCUT2D eigenvalue weighted by atomic mass is 10.3. The molecule has 0 aromatic carbocycles. The van der Waals surface area contributed by atoms with Crippen LogP contribution in [0.1, 0.15) is 33.1 Å². The molecule has 0 aliphatic rings. The molecule has 14 heavy (non-hydrogen) atoms. The Morgan fingerprint density at radius 1 is 1.21 bits per heavy atom. The van der Waals surface area contributed by atoms with Crippen LogP contribution in [0, 0.1) is 11.3 Å². The average Bonchev–Trinajstić information content (AvgIpc) is 2.22. The van der Waals surface area contributed by atoms with E-state index in [1.807, 2.05) is 0 Å². The molecule has 0 aromatic heterocycles.